The lowest BCUT2D eigenvalue weighted by molar-refractivity contribution is 0.598. The fraction of sp³-hybridized carbons (Fsp3) is 0.0417. The van der Waals surface area contributed by atoms with Gasteiger partial charge >= 0.3 is 0 Å². The number of rotatable bonds is 3. The molecule has 0 spiro atoms. The first-order valence-electron chi connectivity index (χ1n) is 9.06. The number of hydrogen-bond donors (Lipinski definition) is 0. The summed E-state index contributed by atoms with van der Waals surface area (Å²) in [4.78, 5) is 0.201. The minimum absolute atomic E-state index is 0.201. The van der Waals surface area contributed by atoms with Crippen LogP contribution in [0.4, 0.5) is 0 Å². The average molecular weight is 383 g/mol. The Morgan fingerprint density at radius 1 is 0.714 bits per heavy atom. The van der Waals surface area contributed by atoms with Gasteiger partial charge in [-0.3, -0.25) is 0 Å². The summed E-state index contributed by atoms with van der Waals surface area (Å²) in [5.41, 5.74) is 1.77. The van der Waals surface area contributed by atoms with Crippen LogP contribution in [0.5, 0.6) is 0 Å². The Morgan fingerprint density at radius 3 is 1.86 bits per heavy atom. The molecule has 0 N–H and O–H groups in total. The summed E-state index contributed by atoms with van der Waals surface area (Å²) >= 11 is 0. The molecule has 5 rings (SSSR count). The molecule has 0 aromatic heterocycles. The zero-order valence-corrected chi connectivity index (χ0v) is 16.1. The summed E-state index contributed by atoms with van der Waals surface area (Å²) in [7, 11) is -3.72. The Labute approximate surface area is 163 Å². The second-order valence-electron chi connectivity index (χ2n) is 7.08. The van der Waals surface area contributed by atoms with E-state index in [1.807, 2.05) is 19.1 Å². The number of sulfonamides is 1. The van der Waals surface area contributed by atoms with E-state index in [2.05, 4.69) is 46.9 Å². The van der Waals surface area contributed by atoms with Crippen molar-refractivity contribution in [2.45, 2.75) is 11.8 Å². The zero-order valence-electron chi connectivity index (χ0n) is 15.3. The van der Waals surface area contributed by atoms with Crippen LogP contribution in [0.3, 0.4) is 0 Å². The molecule has 0 aliphatic rings. The summed E-state index contributed by atoms with van der Waals surface area (Å²) in [5, 5.41) is 7.02. The molecule has 0 fully saturated rings. The van der Waals surface area contributed by atoms with Crippen LogP contribution >= 0.6 is 0 Å². The topological polar surface area (TPSA) is 46.5 Å². The zero-order chi connectivity index (χ0) is 19.3. The van der Waals surface area contributed by atoms with Crippen LogP contribution in [0.1, 0.15) is 11.1 Å². The molecular formula is C24H17NO2S. The normalized spacial score (nSPS) is 12.6. The van der Waals surface area contributed by atoms with Crippen molar-refractivity contribution in [2.75, 3.05) is 0 Å². The minimum Gasteiger partial charge on any atom is -0.199 e. The molecule has 136 valence electrons. The van der Waals surface area contributed by atoms with E-state index < -0.39 is 10.0 Å². The largest absolute Gasteiger partial charge is 0.282 e. The Hall–Kier alpha value is -3.24. The molecule has 28 heavy (non-hydrogen) atoms. The van der Waals surface area contributed by atoms with Gasteiger partial charge in [-0.1, -0.05) is 60.2 Å². The monoisotopic (exact) mass is 383 g/mol. The van der Waals surface area contributed by atoms with Crippen molar-refractivity contribution in [1.29, 1.82) is 0 Å². The van der Waals surface area contributed by atoms with E-state index in [0.717, 1.165) is 21.9 Å². The fourth-order valence-corrected chi connectivity index (χ4v) is 4.62. The molecule has 0 radical (unpaired) electrons. The van der Waals surface area contributed by atoms with E-state index in [-0.39, 0.29) is 4.90 Å². The molecular weight excluding hydrogens is 366 g/mol. The van der Waals surface area contributed by atoms with E-state index in [4.69, 9.17) is 0 Å². The highest BCUT2D eigenvalue weighted by molar-refractivity contribution is 7.90. The maximum Gasteiger partial charge on any atom is 0.282 e. The summed E-state index contributed by atoms with van der Waals surface area (Å²) < 4.78 is 28.9. The molecule has 0 aliphatic carbocycles. The van der Waals surface area contributed by atoms with Crippen LogP contribution in [-0.4, -0.2) is 14.6 Å². The lowest BCUT2D eigenvalue weighted by Gasteiger charge is -2.11. The molecule has 0 amide bonds. The summed E-state index contributed by atoms with van der Waals surface area (Å²) in [6.07, 6.45) is 1.43. The van der Waals surface area contributed by atoms with Gasteiger partial charge in [-0.05, 0) is 69.1 Å². The number of aryl methyl sites for hydroxylation is 1. The van der Waals surface area contributed by atoms with Crippen LogP contribution in [0.25, 0.3) is 32.3 Å². The standard InChI is InChI=1S/C24H17NO2S/c1-16-5-11-22(12-6-16)28(26,27)25-15-17-13-20-9-7-18-3-2-4-19-8-10-21(14-17)24(20)23(18)19/h2-15H,1H3/b25-15+. The summed E-state index contributed by atoms with van der Waals surface area (Å²) in [5.74, 6) is 0. The Morgan fingerprint density at radius 2 is 1.25 bits per heavy atom. The van der Waals surface area contributed by atoms with E-state index in [1.165, 1.54) is 27.8 Å². The van der Waals surface area contributed by atoms with E-state index in [1.54, 1.807) is 24.3 Å². The predicted octanol–water partition coefficient (Wildman–Crippen LogP) is 5.70. The molecule has 0 heterocycles. The van der Waals surface area contributed by atoms with Crippen LogP contribution in [0.15, 0.2) is 88.2 Å². The first-order valence-corrected chi connectivity index (χ1v) is 10.5. The Bertz CT molecular complexity index is 1400. The van der Waals surface area contributed by atoms with Gasteiger partial charge in [0.1, 0.15) is 0 Å². The molecule has 0 aliphatic heterocycles. The van der Waals surface area contributed by atoms with Crippen molar-refractivity contribution in [3.8, 4) is 0 Å². The maximum atomic E-state index is 12.5. The summed E-state index contributed by atoms with van der Waals surface area (Å²) in [6.45, 7) is 1.92. The van der Waals surface area contributed by atoms with Crippen molar-refractivity contribution in [3.05, 3.63) is 90.0 Å². The molecule has 0 saturated heterocycles. The highest BCUT2D eigenvalue weighted by Crippen LogP contribution is 2.34. The van der Waals surface area contributed by atoms with Crippen LogP contribution in [0, 0.1) is 6.92 Å². The number of benzene rings is 5. The van der Waals surface area contributed by atoms with E-state index >= 15 is 0 Å². The predicted molar refractivity (Wildman–Crippen MR) is 116 cm³/mol. The quantitative estimate of drug-likeness (QED) is 0.296. The van der Waals surface area contributed by atoms with Gasteiger partial charge in [0.05, 0.1) is 4.90 Å². The lowest BCUT2D eigenvalue weighted by Crippen LogP contribution is -1.98. The molecule has 0 atom stereocenters. The minimum atomic E-state index is -3.72. The number of nitrogens with zero attached hydrogens (tertiary/aromatic N) is 1. The Kier molecular flexibility index (Phi) is 3.71. The van der Waals surface area contributed by atoms with Gasteiger partial charge in [0.25, 0.3) is 10.0 Å². The third-order valence-electron chi connectivity index (χ3n) is 5.14. The fourth-order valence-electron chi connectivity index (χ4n) is 3.75. The second-order valence-corrected chi connectivity index (χ2v) is 8.71. The first kappa shape index (κ1) is 16.9. The lowest BCUT2D eigenvalue weighted by atomic mass is 9.93. The van der Waals surface area contributed by atoms with Crippen molar-refractivity contribution < 1.29 is 8.42 Å². The third kappa shape index (κ3) is 2.74. The molecule has 0 saturated carbocycles. The maximum absolute atomic E-state index is 12.5. The van der Waals surface area contributed by atoms with Gasteiger partial charge < -0.3 is 0 Å². The van der Waals surface area contributed by atoms with Crippen LogP contribution in [-0.2, 0) is 10.0 Å². The van der Waals surface area contributed by atoms with Gasteiger partial charge in [-0.15, -0.1) is 0 Å². The van der Waals surface area contributed by atoms with Crippen LogP contribution in [0.2, 0.25) is 0 Å². The second kappa shape index (κ2) is 6.14. The molecule has 5 aromatic rings. The van der Waals surface area contributed by atoms with E-state index in [9.17, 15) is 8.42 Å². The molecule has 5 aromatic carbocycles. The first-order chi connectivity index (χ1) is 13.5. The highest BCUT2D eigenvalue weighted by Gasteiger charge is 2.12. The molecule has 0 unspecified atom stereocenters. The smallest absolute Gasteiger partial charge is 0.199 e. The van der Waals surface area contributed by atoms with Crippen molar-refractivity contribution in [2.24, 2.45) is 4.40 Å². The molecule has 0 bridgehead atoms. The average Bonchev–Trinajstić information content (AvgIpc) is 2.71. The Balaban J connectivity index is 1.63. The van der Waals surface area contributed by atoms with Gasteiger partial charge in [-0.25, -0.2) is 0 Å². The van der Waals surface area contributed by atoms with Crippen LogP contribution < -0.4 is 0 Å². The van der Waals surface area contributed by atoms with Crippen molar-refractivity contribution in [1.82, 2.24) is 0 Å². The highest BCUT2D eigenvalue weighted by atomic mass is 32.2. The molecule has 3 nitrogen and oxygen atoms in total. The molecule has 4 heteroatoms. The van der Waals surface area contributed by atoms with Crippen molar-refractivity contribution >= 4 is 48.6 Å². The third-order valence-corrected chi connectivity index (χ3v) is 6.40. The SMILES string of the molecule is Cc1ccc(S(=O)(=O)/N=C/c2cc3ccc4cccc5ccc(c2)c3c45)cc1. The van der Waals surface area contributed by atoms with E-state index in [0.29, 0.717) is 0 Å². The van der Waals surface area contributed by atoms with Gasteiger partial charge in [-0.2, -0.15) is 12.8 Å². The summed E-state index contributed by atoms with van der Waals surface area (Å²) in [6, 6.07) is 25.4. The van der Waals surface area contributed by atoms with Gasteiger partial charge in [0.2, 0.25) is 0 Å². The van der Waals surface area contributed by atoms with Gasteiger partial charge in [0, 0.05) is 6.21 Å². The number of hydrogen-bond acceptors (Lipinski definition) is 2. The van der Waals surface area contributed by atoms with Crippen molar-refractivity contribution in [3.63, 3.8) is 0 Å². The van der Waals surface area contributed by atoms with Gasteiger partial charge in [0.15, 0.2) is 0 Å².